The van der Waals surface area contributed by atoms with Crippen LogP contribution in [-0.4, -0.2) is 65.0 Å². The first kappa shape index (κ1) is 13.2. The van der Waals surface area contributed by atoms with E-state index in [4.69, 9.17) is 5.11 Å². The third-order valence-electron chi connectivity index (χ3n) is 1.72. The van der Waals surface area contributed by atoms with Gasteiger partial charge < -0.3 is 14.6 Å². The predicted octanol–water partition coefficient (Wildman–Crippen LogP) is -0.238. The summed E-state index contributed by atoms with van der Waals surface area (Å²) in [5, 5.41) is 8.75. The molecule has 1 radical (unpaired) electrons. The number of aromatic nitrogens is 2. The van der Waals surface area contributed by atoms with Crippen LogP contribution in [0.1, 0.15) is 10.5 Å². The van der Waals surface area contributed by atoms with Crippen molar-refractivity contribution in [2.75, 3.05) is 20.6 Å². The molecule has 0 aliphatic rings. The van der Waals surface area contributed by atoms with Gasteiger partial charge in [0.15, 0.2) is 0 Å². The van der Waals surface area contributed by atoms with Gasteiger partial charge in [-0.3, -0.25) is 0 Å². The minimum Gasteiger partial charge on any atom is -0.477 e. The summed E-state index contributed by atoms with van der Waals surface area (Å²) < 4.78 is 1.63. The van der Waals surface area contributed by atoms with E-state index in [-0.39, 0.29) is 24.6 Å². The smallest absolute Gasteiger partial charge is 0.354 e. The van der Waals surface area contributed by atoms with E-state index in [0.717, 1.165) is 6.54 Å². The molecule has 0 saturated heterocycles. The second-order valence-corrected chi connectivity index (χ2v) is 3.08. The molecule has 1 aromatic rings. The summed E-state index contributed by atoms with van der Waals surface area (Å²) in [6.45, 7) is 1.45. The van der Waals surface area contributed by atoms with Crippen molar-refractivity contribution in [1.29, 1.82) is 0 Å². The fourth-order valence-electron chi connectivity index (χ4n) is 0.985. The van der Waals surface area contributed by atoms with Gasteiger partial charge >= 0.3 is 5.97 Å². The van der Waals surface area contributed by atoms with Crippen LogP contribution in [0.2, 0.25) is 0 Å². The van der Waals surface area contributed by atoms with E-state index < -0.39 is 5.97 Å². The Labute approximate surface area is 94.9 Å². The zero-order valence-corrected chi connectivity index (χ0v) is 8.77. The van der Waals surface area contributed by atoms with Crippen LogP contribution in [0.25, 0.3) is 0 Å². The second-order valence-electron chi connectivity index (χ2n) is 3.08. The van der Waals surface area contributed by atoms with Gasteiger partial charge in [-0.1, -0.05) is 0 Å². The van der Waals surface area contributed by atoms with E-state index in [1.54, 1.807) is 4.57 Å². The van der Waals surface area contributed by atoms with Crippen LogP contribution in [0.4, 0.5) is 0 Å². The predicted molar refractivity (Wildman–Crippen MR) is 53.5 cm³/mol. The van der Waals surface area contributed by atoms with Crippen molar-refractivity contribution in [1.82, 2.24) is 14.5 Å². The van der Waals surface area contributed by atoms with Crippen LogP contribution in [-0.2, 0) is 6.54 Å². The Morgan fingerprint density at radius 1 is 1.64 bits per heavy atom. The first-order valence-electron chi connectivity index (χ1n) is 3.99. The third-order valence-corrected chi connectivity index (χ3v) is 1.72. The minimum atomic E-state index is -0.934. The Balaban J connectivity index is 0.00000169. The Morgan fingerprint density at radius 3 is 2.79 bits per heavy atom. The van der Waals surface area contributed by atoms with Gasteiger partial charge in [0.25, 0.3) is 0 Å². The Kier molecular flexibility index (Phi) is 5.54. The van der Waals surface area contributed by atoms with Gasteiger partial charge in [0.2, 0.25) is 0 Å². The Bertz CT molecular complexity index is 299. The summed E-state index contributed by atoms with van der Waals surface area (Å²) in [5.74, 6) is -0.934. The summed E-state index contributed by atoms with van der Waals surface area (Å²) in [6, 6.07) is 0. The van der Waals surface area contributed by atoms with Crippen molar-refractivity contribution in [2.45, 2.75) is 6.54 Å². The third kappa shape index (κ3) is 3.54. The molecule has 1 rings (SSSR count). The standard InChI is InChI=1S/C8H13N3O2.Li/c1-10(2)3-4-11-6-9-5-7(11)8(12)13;/h5-6H,3-4H2,1-2H3,(H,12,13);. The molecule has 6 heteroatoms. The number of carboxylic acids is 1. The summed E-state index contributed by atoms with van der Waals surface area (Å²) >= 11 is 0. The summed E-state index contributed by atoms with van der Waals surface area (Å²) in [4.78, 5) is 16.4. The monoisotopic (exact) mass is 190 g/mol. The minimum absolute atomic E-state index is 0. The van der Waals surface area contributed by atoms with Gasteiger partial charge in [0.05, 0.1) is 12.5 Å². The van der Waals surface area contributed by atoms with E-state index in [0.29, 0.717) is 6.54 Å². The molecular weight excluding hydrogens is 177 g/mol. The van der Waals surface area contributed by atoms with Gasteiger partial charge in [0.1, 0.15) is 5.69 Å². The van der Waals surface area contributed by atoms with Crippen LogP contribution in [0.15, 0.2) is 12.5 Å². The SMILES string of the molecule is CN(C)CCn1cncc1C(=O)O.[Li]. The average Bonchev–Trinajstić information content (AvgIpc) is 2.47. The molecule has 0 fully saturated rings. The number of likely N-dealkylation sites (N-methyl/N-ethyl adjacent to an activating group) is 1. The fraction of sp³-hybridized carbons (Fsp3) is 0.500. The largest absolute Gasteiger partial charge is 0.477 e. The molecule has 0 amide bonds. The number of hydrogen-bond acceptors (Lipinski definition) is 3. The van der Waals surface area contributed by atoms with Gasteiger partial charge in [-0.15, -0.1) is 0 Å². The normalized spacial score (nSPS) is 9.93. The zero-order valence-electron chi connectivity index (χ0n) is 8.77. The molecule has 5 nitrogen and oxygen atoms in total. The fourth-order valence-corrected chi connectivity index (χ4v) is 0.985. The number of nitrogens with zero attached hydrogens (tertiary/aromatic N) is 3. The van der Waals surface area contributed by atoms with Crippen molar-refractivity contribution in [3.05, 3.63) is 18.2 Å². The van der Waals surface area contributed by atoms with Crippen LogP contribution in [0.3, 0.4) is 0 Å². The first-order valence-corrected chi connectivity index (χ1v) is 3.99. The van der Waals surface area contributed by atoms with Crippen LogP contribution in [0, 0.1) is 0 Å². The molecule has 73 valence electrons. The molecule has 0 unspecified atom stereocenters. The van der Waals surface area contributed by atoms with Crippen molar-refractivity contribution in [3.8, 4) is 0 Å². The number of aromatic carboxylic acids is 1. The molecule has 0 bridgehead atoms. The average molecular weight is 190 g/mol. The molecule has 1 N–H and O–H groups in total. The van der Waals surface area contributed by atoms with Crippen LogP contribution >= 0.6 is 0 Å². The summed E-state index contributed by atoms with van der Waals surface area (Å²) in [6.07, 6.45) is 2.89. The maximum Gasteiger partial charge on any atom is 0.354 e. The number of rotatable bonds is 4. The Hall–Kier alpha value is -0.763. The number of carbonyl (C=O) groups is 1. The summed E-state index contributed by atoms with van der Waals surface area (Å²) in [7, 11) is 3.88. The van der Waals surface area contributed by atoms with E-state index >= 15 is 0 Å². The number of imidazole rings is 1. The molecule has 0 aliphatic carbocycles. The van der Waals surface area contributed by atoms with Gasteiger partial charge in [-0.25, -0.2) is 9.78 Å². The topological polar surface area (TPSA) is 58.4 Å². The molecule has 0 spiro atoms. The molecule has 14 heavy (non-hydrogen) atoms. The second kappa shape index (κ2) is 5.86. The molecule has 0 aliphatic heterocycles. The van der Waals surface area contributed by atoms with E-state index in [2.05, 4.69) is 4.98 Å². The molecule has 1 heterocycles. The molecule has 0 aromatic carbocycles. The molecule has 0 saturated carbocycles. The van der Waals surface area contributed by atoms with Gasteiger partial charge in [-0.05, 0) is 14.1 Å². The molecule has 0 atom stereocenters. The zero-order chi connectivity index (χ0) is 9.84. The van der Waals surface area contributed by atoms with Crippen LogP contribution < -0.4 is 0 Å². The quantitative estimate of drug-likeness (QED) is 0.666. The molecular formula is C8H13LiN3O2. The van der Waals surface area contributed by atoms with Crippen molar-refractivity contribution in [2.24, 2.45) is 0 Å². The first-order chi connectivity index (χ1) is 6.11. The van der Waals surface area contributed by atoms with E-state index in [1.165, 1.54) is 12.5 Å². The Morgan fingerprint density at radius 2 is 2.29 bits per heavy atom. The maximum absolute atomic E-state index is 10.7. The number of carboxylic acid groups (broad SMARTS) is 1. The van der Waals surface area contributed by atoms with Crippen molar-refractivity contribution in [3.63, 3.8) is 0 Å². The maximum atomic E-state index is 10.7. The van der Waals surface area contributed by atoms with Crippen molar-refractivity contribution >= 4 is 24.8 Å². The van der Waals surface area contributed by atoms with Gasteiger partial charge in [0, 0.05) is 32.0 Å². The van der Waals surface area contributed by atoms with E-state index in [9.17, 15) is 4.79 Å². The summed E-state index contributed by atoms with van der Waals surface area (Å²) in [5.41, 5.74) is 0.238. The van der Waals surface area contributed by atoms with Crippen LogP contribution in [0.5, 0.6) is 0 Å². The van der Waals surface area contributed by atoms with E-state index in [1.807, 2.05) is 19.0 Å². The molecule has 1 aromatic heterocycles. The van der Waals surface area contributed by atoms with Gasteiger partial charge in [-0.2, -0.15) is 0 Å². The van der Waals surface area contributed by atoms with Crippen molar-refractivity contribution < 1.29 is 9.90 Å². The number of hydrogen-bond donors (Lipinski definition) is 1.